The number of nitrogens with one attached hydrogen (secondary N) is 2. The maximum atomic E-state index is 13.2. The number of hydrogen-bond acceptors (Lipinski definition) is 7. The maximum Gasteiger partial charge on any atom is 0.266 e. The van der Waals surface area contributed by atoms with Crippen LogP contribution in [0, 0.1) is 20.8 Å². The number of rotatable bonds is 7. The van der Waals surface area contributed by atoms with E-state index in [2.05, 4.69) is 15.6 Å². The first-order chi connectivity index (χ1) is 17.2. The van der Waals surface area contributed by atoms with E-state index in [1.54, 1.807) is 25.1 Å². The van der Waals surface area contributed by atoms with E-state index in [-0.39, 0.29) is 12.5 Å². The standard InChI is InChI=1S/C26H26N4O5S/c1-14-6-8-18(15(2)10-14)29-24(32)23-16(3)22-25(36-23)27-13-30(26(22)33)12-21(31)28-19-9-7-17(34-4)11-20(19)35-5/h6-11,13H,12H2,1-5H3,(H,28,31)(H,29,32). The van der Waals surface area contributed by atoms with Crippen LogP contribution >= 0.6 is 11.3 Å². The molecule has 36 heavy (non-hydrogen) atoms. The smallest absolute Gasteiger partial charge is 0.266 e. The number of anilines is 2. The zero-order chi connectivity index (χ0) is 26.0. The summed E-state index contributed by atoms with van der Waals surface area (Å²) in [6, 6.07) is 10.8. The van der Waals surface area contributed by atoms with Gasteiger partial charge in [-0.2, -0.15) is 0 Å². The zero-order valence-corrected chi connectivity index (χ0v) is 21.4. The summed E-state index contributed by atoms with van der Waals surface area (Å²) in [5, 5.41) is 5.98. The number of benzene rings is 2. The highest BCUT2D eigenvalue weighted by molar-refractivity contribution is 7.20. The second-order valence-electron chi connectivity index (χ2n) is 8.30. The molecule has 186 valence electrons. The molecule has 9 nitrogen and oxygen atoms in total. The summed E-state index contributed by atoms with van der Waals surface area (Å²) in [5.41, 5.74) is 3.34. The number of nitrogens with zero attached hydrogens (tertiary/aromatic N) is 2. The number of carbonyl (C=O) groups excluding carboxylic acids is 2. The van der Waals surface area contributed by atoms with E-state index in [0.717, 1.165) is 22.5 Å². The van der Waals surface area contributed by atoms with Gasteiger partial charge in [-0.25, -0.2) is 4.98 Å². The summed E-state index contributed by atoms with van der Waals surface area (Å²) < 4.78 is 11.7. The van der Waals surface area contributed by atoms with Crippen molar-refractivity contribution in [2.75, 3.05) is 24.9 Å². The number of methoxy groups -OCH3 is 2. The first-order valence-corrected chi connectivity index (χ1v) is 11.9. The first kappa shape index (κ1) is 24.9. The van der Waals surface area contributed by atoms with Gasteiger partial charge in [-0.1, -0.05) is 17.7 Å². The second kappa shape index (κ2) is 10.2. The Hall–Kier alpha value is -4.18. The number of carbonyl (C=O) groups is 2. The van der Waals surface area contributed by atoms with Crippen LogP contribution in [0.1, 0.15) is 26.4 Å². The number of hydrogen-bond donors (Lipinski definition) is 2. The highest BCUT2D eigenvalue weighted by Gasteiger charge is 2.21. The van der Waals surface area contributed by atoms with Gasteiger partial charge in [0.15, 0.2) is 0 Å². The van der Waals surface area contributed by atoms with Crippen LogP contribution in [0.15, 0.2) is 47.5 Å². The number of aryl methyl sites for hydroxylation is 3. The highest BCUT2D eigenvalue weighted by Crippen LogP contribution is 2.30. The molecule has 4 aromatic rings. The van der Waals surface area contributed by atoms with E-state index < -0.39 is 11.5 Å². The van der Waals surface area contributed by atoms with Crippen molar-refractivity contribution in [2.24, 2.45) is 0 Å². The predicted molar refractivity (Wildman–Crippen MR) is 141 cm³/mol. The van der Waals surface area contributed by atoms with Crippen LogP contribution in [0.3, 0.4) is 0 Å². The molecule has 0 saturated carbocycles. The summed E-state index contributed by atoms with van der Waals surface area (Å²) in [6.07, 6.45) is 1.32. The fourth-order valence-electron chi connectivity index (χ4n) is 3.87. The molecule has 0 aliphatic carbocycles. The quantitative estimate of drug-likeness (QED) is 0.387. The molecule has 10 heteroatoms. The lowest BCUT2D eigenvalue weighted by Crippen LogP contribution is -2.28. The minimum absolute atomic E-state index is 0.254. The monoisotopic (exact) mass is 506 g/mol. The van der Waals surface area contributed by atoms with Gasteiger partial charge in [0, 0.05) is 11.8 Å². The van der Waals surface area contributed by atoms with Gasteiger partial charge >= 0.3 is 0 Å². The van der Waals surface area contributed by atoms with Gasteiger partial charge in [0.1, 0.15) is 22.9 Å². The van der Waals surface area contributed by atoms with Crippen molar-refractivity contribution in [3.05, 3.63) is 74.6 Å². The van der Waals surface area contributed by atoms with Crippen LogP contribution in [0.25, 0.3) is 10.2 Å². The molecule has 2 aromatic heterocycles. The Morgan fingerprint density at radius 2 is 1.75 bits per heavy atom. The van der Waals surface area contributed by atoms with E-state index >= 15 is 0 Å². The second-order valence-corrected chi connectivity index (χ2v) is 9.30. The van der Waals surface area contributed by atoms with E-state index in [1.807, 2.05) is 32.0 Å². The van der Waals surface area contributed by atoms with Crippen LogP contribution in [-0.4, -0.2) is 35.6 Å². The molecule has 2 amide bonds. The van der Waals surface area contributed by atoms with Gasteiger partial charge in [0.25, 0.3) is 11.5 Å². The van der Waals surface area contributed by atoms with E-state index in [4.69, 9.17) is 9.47 Å². The highest BCUT2D eigenvalue weighted by atomic mass is 32.1. The van der Waals surface area contributed by atoms with Crippen molar-refractivity contribution < 1.29 is 19.1 Å². The predicted octanol–water partition coefficient (Wildman–Crippen LogP) is 4.29. The van der Waals surface area contributed by atoms with Crippen molar-refractivity contribution in [1.29, 1.82) is 0 Å². The van der Waals surface area contributed by atoms with Gasteiger partial charge in [-0.15, -0.1) is 11.3 Å². The molecule has 0 aliphatic heterocycles. The van der Waals surface area contributed by atoms with Gasteiger partial charge in [-0.05, 0) is 50.1 Å². The van der Waals surface area contributed by atoms with Crippen molar-refractivity contribution >= 4 is 44.7 Å². The number of fused-ring (bicyclic) bond motifs is 1. The molecular formula is C26H26N4O5S. The number of aromatic nitrogens is 2. The summed E-state index contributed by atoms with van der Waals surface area (Å²) in [5.74, 6) is 0.276. The SMILES string of the molecule is COc1ccc(NC(=O)Cn2cnc3sc(C(=O)Nc4ccc(C)cc4C)c(C)c3c2=O)c(OC)c1. The fourth-order valence-corrected chi connectivity index (χ4v) is 4.90. The third-order valence-electron chi connectivity index (χ3n) is 5.75. The summed E-state index contributed by atoms with van der Waals surface area (Å²) >= 11 is 1.15. The summed E-state index contributed by atoms with van der Waals surface area (Å²) in [6.45, 7) is 5.37. The molecule has 0 saturated heterocycles. The fraction of sp³-hybridized carbons (Fsp3) is 0.231. The molecule has 0 unspecified atom stereocenters. The molecule has 0 atom stereocenters. The largest absolute Gasteiger partial charge is 0.497 e. The third kappa shape index (κ3) is 4.94. The van der Waals surface area contributed by atoms with Gasteiger partial charge in [0.05, 0.1) is 36.5 Å². The Labute approximate surface area is 211 Å². The minimum atomic E-state index is -0.428. The van der Waals surface area contributed by atoms with Crippen LogP contribution in [0.2, 0.25) is 0 Å². The average molecular weight is 507 g/mol. The lowest BCUT2D eigenvalue weighted by Gasteiger charge is -2.12. The van der Waals surface area contributed by atoms with E-state index in [0.29, 0.717) is 43.5 Å². The number of amides is 2. The third-order valence-corrected chi connectivity index (χ3v) is 6.95. The van der Waals surface area contributed by atoms with Crippen molar-refractivity contribution in [3.8, 4) is 11.5 Å². The Balaban J connectivity index is 1.57. The molecule has 2 aromatic carbocycles. The first-order valence-electron chi connectivity index (χ1n) is 11.1. The maximum absolute atomic E-state index is 13.2. The van der Waals surface area contributed by atoms with E-state index in [9.17, 15) is 14.4 Å². The van der Waals surface area contributed by atoms with Crippen LogP contribution in [0.5, 0.6) is 11.5 Å². The van der Waals surface area contributed by atoms with Gasteiger partial charge in [-0.3, -0.25) is 19.0 Å². The Morgan fingerprint density at radius 1 is 1.00 bits per heavy atom. The average Bonchev–Trinajstić information content (AvgIpc) is 3.20. The molecular weight excluding hydrogens is 480 g/mol. The van der Waals surface area contributed by atoms with Crippen molar-refractivity contribution in [3.63, 3.8) is 0 Å². The van der Waals surface area contributed by atoms with E-state index in [1.165, 1.54) is 25.1 Å². The molecule has 2 heterocycles. The molecule has 0 bridgehead atoms. The molecule has 0 spiro atoms. The van der Waals surface area contributed by atoms with Crippen LogP contribution < -0.4 is 25.7 Å². The zero-order valence-electron chi connectivity index (χ0n) is 20.6. The molecule has 2 N–H and O–H groups in total. The topological polar surface area (TPSA) is 112 Å². The Morgan fingerprint density at radius 3 is 2.44 bits per heavy atom. The summed E-state index contributed by atoms with van der Waals surface area (Å²) in [4.78, 5) is 44.1. The minimum Gasteiger partial charge on any atom is -0.497 e. The van der Waals surface area contributed by atoms with Gasteiger partial charge < -0.3 is 20.1 Å². The number of ether oxygens (including phenoxy) is 2. The molecule has 0 radical (unpaired) electrons. The molecule has 0 aliphatic rings. The lowest BCUT2D eigenvalue weighted by atomic mass is 10.1. The van der Waals surface area contributed by atoms with Crippen LogP contribution in [0.4, 0.5) is 11.4 Å². The van der Waals surface area contributed by atoms with Crippen molar-refractivity contribution in [1.82, 2.24) is 9.55 Å². The lowest BCUT2D eigenvalue weighted by molar-refractivity contribution is -0.116. The number of thiophene rings is 1. The van der Waals surface area contributed by atoms with Crippen LogP contribution in [-0.2, 0) is 11.3 Å². The van der Waals surface area contributed by atoms with Gasteiger partial charge in [0.2, 0.25) is 5.91 Å². The Bertz CT molecular complexity index is 1540. The molecule has 4 rings (SSSR count). The Kier molecular flexibility index (Phi) is 7.07. The summed E-state index contributed by atoms with van der Waals surface area (Å²) in [7, 11) is 3.02. The van der Waals surface area contributed by atoms with Crippen molar-refractivity contribution in [2.45, 2.75) is 27.3 Å². The molecule has 0 fully saturated rings. The normalized spacial score (nSPS) is 10.8.